The number of terminal acetylenes is 1. The largest absolute Gasteiger partial charge is 0.390 e. The number of hydrogen-bond acceptors (Lipinski definition) is 2. The van der Waals surface area contributed by atoms with Crippen LogP contribution in [-0.2, 0) is 0 Å². The van der Waals surface area contributed by atoms with Crippen LogP contribution in [0.15, 0.2) is 0 Å². The standard InChI is InChI=1S/C14H25NO/c1-4-5-6-8-14(16)9-7-11-15(12-10-14)13(2)3/h1,13,16H,5-12H2,2-3H3. The van der Waals surface area contributed by atoms with Gasteiger partial charge < -0.3 is 10.0 Å². The summed E-state index contributed by atoms with van der Waals surface area (Å²) < 4.78 is 0. The minimum Gasteiger partial charge on any atom is -0.390 e. The van der Waals surface area contributed by atoms with Gasteiger partial charge >= 0.3 is 0 Å². The van der Waals surface area contributed by atoms with E-state index in [1.165, 1.54) is 0 Å². The van der Waals surface area contributed by atoms with Gasteiger partial charge in [-0.2, -0.15) is 0 Å². The summed E-state index contributed by atoms with van der Waals surface area (Å²) in [6.45, 7) is 6.59. The molecule has 2 heteroatoms. The molecule has 1 atom stereocenters. The molecule has 0 bridgehead atoms. The third-order valence-corrected chi connectivity index (χ3v) is 3.65. The molecule has 0 spiro atoms. The van der Waals surface area contributed by atoms with Gasteiger partial charge in [0.1, 0.15) is 0 Å². The average molecular weight is 223 g/mol. The van der Waals surface area contributed by atoms with Crippen LogP contribution in [0.5, 0.6) is 0 Å². The fraction of sp³-hybridized carbons (Fsp3) is 0.857. The van der Waals surface area contributed by atoms with E-state index in [0.717, 1.165) is 51.6 Å². The predicted molar refractivity (Wildman–Crippen MR) is 68.2 cm³/mol. The third-order valence-electron chi connectivity index (χ3n) is 3.65. The Morgan fingerprint density at radius 3 is 2.75 bits per heavy atom. The Morgan fingerprint density at radius 2 is 2.12 bits per heavy atom. The number of aliphatic hydroxyl groups is 1. The van der Waals surface area contributed by atoms with Crippen LogP contribution in [0, 0.1) is 12.3 Å². The number of nitrogens with zero attached hydrogens (tertiary/aromatic N) is 1. The van der Waals surface area contributed by atoms with Gasteiger partial charge in [-0.25, -0.2) is 0 Å². The Bertz CT molecular complexity index is 244. The highest BCUT2D eigenvalue weighted by atomic mass is 16.3. The molecule has 1 aliphatic heterocycles. The Morgan fingerprint density at radius 1 is 1.38 bits per heavy atom. The average Bonchev–Trinajstić information content (AvgIpc) is 2.41. The van der Waals surface area contributed by atoms with Gasteiger partial charge in [-0.1, -0.05) is 0 Å². The van der Waals surface area contributed by atoms with Gasteiger partial charge in [0.05, 0.1) is 5.60 Å². The molecule has 1 heterocycles. The third kappa shape index (κ3) is 4.15. The molecule has 92 valence electrons. The minimum absolute atomic E-state index is 0.458. The van der Waals surface area contributed by atoms with E-state index >= 15 is 0 Å². The molecular weight excluding hydrogens is 198 g/mol. The Balaban J connectivity index is 2.41. The van der Waals surface area contributed by atoms with E-state index in [4.69, 9.17) is 6.42 Å². The molecule has 0 aromatic heterocycles. The second-order valence-corrected chi connectivity index (χ2v) is 5.27. The summed E-state index contributed by atoms with van der Waals surface area (Å²) >= 11 is 0. The Kier molecular flexibility index (Phi) is 5.31. The van der Waals surface area contributed by atoms with Crippen molar-refractivity contribution in [3.63, 3.8) is 0 Å². The highest BCUT2D eigenvalue weighted by Gasteiger charge is 2.29. The first kappa shape index (κ1) is 13.5. The first-order valence-electron chi connectivity index (χ1n) is 6.47. The maximum absolute atomic E-state index is 10.5. The first-order valence-corrected chi connectivity index (χ1v) is 6.47. The van der Waals surface area contributed by atoms with E-state index in [-0.39, 0.29) is 0 Å². The molecule has 0 saturated carbocycles. The summed E-state index contributed by atoms with van der Waals surface area (Å²) in [6, 6.07) is 0.591. The van der Waals surface area contributed by atoms with Gasteiger partial charge in [0, 0.05) is 19.0 Å². The molecule has 1 saturated heterocycles. The van der Waals surface area contributed by atoms with E-state index in [9.17, 15) is 5.11 Å². The van der Waals surface area contributed by atoms with Gasteiger partial charge in [0.15, 0.2) is 0 Å². The molecule has 0 aromatic carbocycles. The van der Waals surface area contributed by atoms with Crippen molar-refractivity contribution in [2.45, 2.75) is 64.0 Å². The molecule has 16 heavy (non-hydrogen) atoms. The molecule has 1 unspecified atom stereocenters. The van der Waals surface area contributed by atoms with E-state index in [1.807, 2.05) is 0 Å². The van der Waals surface area contributed by atoms with Crippen LogP contribution < -0.4 is 0 Å². The fourth-order valence-corrected chi connectivity index (χ4v) is 2.49. The van der Waals surface area contributed by atoms with E-state index in [2.05, 4.69) is 24.7 Å². The molecule has 1 N–H and O–H groups in total. The maximum Gasteiger partial charge on any atom is 0.0660 e. The summed E-state index contributed by atoms with van der Waals surface area (Å²) in [5, 5.41) is 10.5. The SMILES string of the molecule is C#CCCCC1(O)CCCN(C(C)C)CC1. The molecule has 0 aliphatic carbocycles. The second kappa shape index (κ2) is 6.27. The molecule has 1 aliphatic rings. The Hall–Kier alpha value is -0.520. The Labute approximate surface area is 100 Å². The van der Waals surface area contributed by atoms with E-state index in [0.29, 0.717) is 6.04 Å². The van der Waals surface area contributed by atoms with Crippen molar-refractivity contribution in [3.05, 3.63) is 0 Å². The summed E-state index contributed by atoms with van der Waals surface area (Å²) in [6.07, 6.45) is 10.8. The molecular formula is C14H25NO. The zero-order valence-corrected chi connectivity index (χ0v) is 10.7. The van der Waals surface area contributed by atoms with Crippen LogP contribution in [0.25, 0.3) is 0 Å². The fourth-order valence-electron chi connectivity index (χ4n) is 2.49. The molecule has 1 fully saturated rings. The van der Waals surface area contributed by atoms with Crippen molar-refractivity contribution in [1.82, 2.24) is 4.90 Å². The van der Waals surface area contributed by atoms with Crippen molar-refractivity contribution in [1.29, 1.82) is 0 Å². The maximum atomic E-state index is 10.5. The second-order valence-electron chi connectivity index (χ2n) is 5.27. The summed E-state index contributed by atoms with van der Waals surface area (Å²) in [4.78, 5) is 2.46. The highest BCUT2D eigenvalue weighted by molar-refractivity contribution is 4.88. The summed E-state index contributed by atoms with van der Waals surface area (Å²) in [7, 11) is 0. The number of likely N-dealkylation sites (tertiary alicyclic amines) is 1. The van der Waals surface area contributed by atoms with Crippen LogP contribution in [0.4, 0.5) is 0 Å². The van der Waals surface area contributed by atoms with Crippen molar-refractivity contribution in [3.8, 4) is 12.3 Å². The van der Waals surface area contributed by atoms with Crippen LogP contribution in [0.3, 0.4) is 0 Å². The van der Waals surface area contributed by atoms with Crippen LogP contribution >= 0.6 is 0 Å². The number of unbranched alkanes of at least 4 members (excludes halogenated alkanes) is 1. The summed E-state index contributed by atoms with van der Waals surface area (Å²) in [5.41, 5.74) is -0.458. The van der Waals surface area contributed by atoms with Gasteiger partial charge in [0.2, 0.25) is 0 Å². The predicted octanol–water partition coefficient (Wildman–Crippen LogP) is 2.42. The van der Waals surface area contributed by atoms with E-state index < -0.39 is 5.60 Å². The quantitative estimate of drug-likeness (QED) is 0.584. The van der Waals surface area contributed by atoms with Crippen LogP contribution in [-0.4, -0.2) is 34.7 Å². The normalized spacial score (nSPS) is 27.7. The lowest BCUT2D eigenvalue weighted by atomic mass is 9.89. The van der Waals surface area contributed by atoms with Crippen molar-refractivity contribution >= 4 is 0 Å². The minimum atomic E-state index is -0.458. The highest BCUT2D eigenvalue weighted by Crippen LogP contribution is 2.28. The lowest BCUT2D eigenvalue weighted by molar-refractivity contribution is 0.0147. The van der Waals surface area contributed by atoms with Crippen molar-refractivity contribution in [2.75, 3.05) is 13.1 Å². The van der Waals surface area contributed by atoms with Gasteiger partial charge in [0.25, 0.3) is 0 Å². The van der Waals surface area contributed by atoms with Crippen LogP contribution in [0.2, 0.25) is 0 Å². The van der Waals surface area contributed by atoms with Crippen molar-refractivity contribution < 1.29 is 5.11 Å². The van der Waals surface area contributed by atoms with Crippen LogP contribution in [0.1, 0.15) is 52.4 Å². The van der Waals surface area contributed by atoms with Crippen molar-refractivity contribution in [2.24, 2.45) is 0 Å². The molecule has 0 aromatic rings. The first-order chi connectivity index (χ1) is 7.57. The molecule has 1 rings (SSSR count). The zero-order chi connectivity index (χ0) is 12.0. The molecule has 2 nitrogen and oxygen atoms in total. The smallest absolute Gasteiger partial charge is 0.0660 e. The monoisotopic (exact) mass is 223 g/mol. The number of hydrogen-bond donors (Lipinski definition) is 1. The van der Waals surface area contributed by atoms with Gasteiger partial charge in [-0.3, -0.25) is 0 Å². The summed E-state index contributed by atoms with van der Waals surface area (Å²) in [5.74, 6) is 2.65. The zero-order valence-electron chi connectivity index (χ0n) is 10.7. The van der Waals surface area contributed by atoms with Gasteiger partial charge in [-0.15, -0.1) is 12.3 Å². The van der Waals surface area contributed by atoms with Gasteiger partial charge in [-0.05, 0) is 52.5 Å². The number of rotatable bonds is 4. The molecule has 0 amide bonds. The topological polar surface area (TPSA) is 23.5 Å². The lowest BCUT2D eigenvalue weighted by Gasteiger charge is -2.28. The lowest BCUT2D eigenvalue weighted by Crippen LogP contribution is -2.34. The van der Waals surface area contributed by atoms with E-state index in [1.54, 1.807) is 0 Å². The molecule has 0 radical (unpaired) electrons.